The van der Waals surface area contributed by atoms with Gasteiger partial charge in [0.15, 0.2) is 0 Å². The predicted molar refractivity (Wildman–Crippen MR) is 145 cm³/mol. The van der Waals surface area contributed by atoms with E-state index < -0.39 is 8.07 Å². The molecule has 0 heterocycles. The minimum Gasteiger partial charge on any atom is -0.458 e. The highest BCUT2D eigenvalue weighted by Gasteiger charge is 2.42. The molecule has 33 heavy (non-hydrogen) atoms. The smallest absolute Gasteiger partial charge is 0.337 e. The Morgan fingerprint density at radius 1 is 1.09 bits per heavy atom. The number of unbranched alkanes of at least 4 members (excludes halogenated alkanes) is 4. The summed E-state index contributed by atoms with van der Waals surface area (Å²) >= 11 is 0. The summed E-state index contributed by atoms with van der Waals surface area (Å²) in [6, 6.07) is 10.7. The van der Waals surface area contributed by atoms with Crippen molar-refractivity contribution in [3.63, 3.8) is 0 Å². The lowest BCUT2D eigenvalue weighted by molar-refractivity contribution is -0.151. The van der Waals surface area contributed by atoms with Crippen molar-refractivity contribution < 1.29 is 9.53 Å². The lowest BCUT2D eigenvalue weighted by Crippen LogP contribution is -2.43. The summed E-state index contributed by atoms with van der Waals surface area (Å²) in [6.07, 6.45) is 13.4. The monoisotopic (exact) mass is 468 g/mol. The fourth-order valence-corrected chi connectivity index (χ4v) is 6.26. The van der Waals surface area contributed by atoms with Gasteiger partial charge >= 0.3 is 5.97 Å². The zero-order valence-corrected chi connectivity index (χ0v) is 23.3. The summed E-state index contributed by atoms with van der Waals surface area (Å²) in [5.74, 6) is 0.783. The molecule has 0 bridgehead atoms. The third-order valence-electron chi connectivity index (χ3n) is 7.10. The van der Waals surface area contributed by atoms with Crippen LogP contribution in [-0.2, 0) is 14.9 Å². The first kappa shape index (κ1) is 27.6. The Balaban J connectivity index is 2.20. The van der Waals surface area contributed by atoms with Crippen LogP contribution in [-0.4, -0.2) is 20.1 Å². The number of carbonyl (C=O) groups excluding carboxylic acids is 1. The van der Waals surface area contributed by atoms with Crippen LogP contribution in [0.2, 0.25) is 19.6 Å². The molecular weight excluding hydrogens is 420 g/mol. The van der Waals surface area contributed by atoms with E-state index >= 15 is 0 Å². The molecule has 0 aromatic heterocycles. The Kier molecular flexibility index (Phi) is 10.7. The van der Waals surface area contributed by atoms with Crippen molar-refractivity contribution >= 4 is 14.0 Å². The zero-order valence-electron chi connectivity index (χ0n) is 22.3. The Labute approximate surface area is 204 Å². The maximum absolute atomic E-state index is 13.5. The summed E-state index contributed by atoms with van der Waals surface area (Å²) in [7, 11) is -1.56. The molecule has 0 N–H and O–H groups in total. The molecule has 0 spiro atoms. The second-order valence-electron chi connectivity index (χ2n) is 11.8. The largest absolute Gasteiger partial charge is 0.458 e. The van der Waals surface area contributed by atoms with Gasteiger partial charge in [-0.05, 0) is 42.6 Å². The average Bonchev–Trinajstić information content (AvgIpc) is 2.75. The third-order valence-corrected chi connectivity index (χ3v) is 8.28. The molecule has 3 heteroatoms. The molecule has 2 rings (SSSR count). The van der Waals surface area contributed by atoms with Gasteiger partial charge in [-0.15, -0.1) is 0 Å². The van der Waals surface area contributed by atoms with Crippen molar-refractivity contribution in [1.29, 1.82) is 0 Å². The van der Waals surface area contributed by atoms with Crippen molar-refractivity contribution in [2.75, 3.05) is 0 Å². The zero-order chi connectivity index (χ0) is 24.5. The molecule has 1 aliphatic carbocycles. The van der Waals surface area contributed by atoms with Gasteiger partial charge in [-0.25, -0.2) is 4.79 Å². The minimum atomic E-state index is -1.56. The van der Waals surface area contributed by atoms with Crippen molar-refractivity contribution in [2.45, 2.75) is 110 Å². The lowest BCUT2D eigenvalue weighted by Gasteiger charge is -2.44. The van der Waals surface area contributed by atoms with Gasteiger partial charge in [0.05, 0.1) is 13.6 Å². The Morgan fingerprint density at radius 2 is 1.79 bits per heavy atom. The second-order valence-corrected chi connectivity index (χ2v) is 16.8. The van der Waals surface area contributed by atoms with Gasteiger partial charge in [-0.3, -0.25) is 0 Å². The van der Waals surface area contributed by atoms with Crippen molar-refractivity contribution in [3.05, 3.63) is 59.3 Å². The number of carbonyl (C=O) groups is 1. The molecule has 3 atom stereocenters. The highest BCUT2D eigenvalue weighted by atomic mass is 28.3. The normalized spacial score (nSPS) is 22.5. The predicted octanol–water partition coefficient (Wildman–Crippen LogP) is 8.64. The Hall–Kier alpha value is -1.61. The Bertz CT molecular complexity index is 785. The van der Waals surface area contributed by atoms with Crippen LogP contribution < -0.4 is 0 Å². The summed E-state index contributed by atoms with van der Waals surface area (Å²) in [6.45, 7) is 16.0. The van der Waals surface area contributed by atoms with Gasteiger partial charge in [0, 0.05) is 5.92 Å². The van der Waals surface area contributed by atoms with E-state index in [1.807, 2.05) is 6.08 Å². The third kappa shape index (κ3) is 8.92. The first-order chi connectivity index (χ1) is 15.5. The molecule has 0 radical (unpaired) electrons. The van der Waals surface area contributed by atoms with Gasteiger partial charge in [0.2, 0.25) is 0 Å². The number of ether oxygens (including phenoxy) is 1. The van der Waals surface area contributed by atoms with Crippen LogP contribution in [0.1, 0.15) is 84.6 Å². The van der Waals surface area contributed by atoms with Gasteiger partial charge in [0.25, 0.3) is 0 Å². The number of rotatable bonds is 11. The highest BCUT2D eigenvalue weighted by Crippen LogP contribution is 2.43. The van der Waals surface area contributed by atoms with Crippen LogP contribution in [0.5, 0.6) is 0 Å². The second kappa shape index (κ2) is 12.7. The van der Waals surface area contributed by atoms with E-state index in [0.29, 0.717) is 11.8 Å². The van der Waals surface area contributed by atoms with E-state index in [1.165, 1.54) is 37.7 Å². The fraction of sp³-hybridized carbons (Fsp3) is 0.633. The molecule has 1 aromatic carbocycles. The fourth-order valence-electron chi connectivity index (χ4n) is 5.11. The molecule has 0 aliphatic heterocycles. The first-order valence-electron chi connectivity index (χ1n) is 13.2. The van der Waals surface area contributed by atoms with E-state index in [0.717, 1.165) is 24.8 Å². The van der Waals surface area contributed by atoms with Crippen molar-refractivity contribution in [2.24, 2.45) is 11.8 Å². The van der Waals surface area contributed by atoms with Crippen molar-refractivity contribution in [1.82, 2.24) is 0 Å². The number of hydrogen-bond donors (Lipinski definition) is 0. The van der Waals surface area contributed by atoms with E-state index in [4.69, 9.17) is 4.74 Å². The van der Waals surface area contributed by atoms with Crippen molar-refractivity contribution in [3.8, 4) is 0 Å². The molecule has 0 amide bonds. The summed E-state index contributed by atoms with van der Waals surface area (Å²) in [4.78, 5) is 13.5. The van der Waals surface area contributed by atoms with E-state index in [9.17, 15) is 4.79 Å². The number of allylic oxidation sites excluding steroid dienone is 1. The van der Waals surface area contributed by atoms with Gasteiger partial charge in [-0.1, -0.05) is 121 Å². The maximum atomic E-state index is 13.5. The van der Waals surface area contributed by atoms with Crippen LogP contribution >= 0.6 is 0 Å². The van der Waals surface area contributed by atoms with Gasteiger partial charge in [-0.2, -0.15) is 0 Å². The summed E-state index contributed by atoms with van der Waals surface area (Å²) < 4.78 is 6.35. The lowest BCUT2D eigenvalue weighted by atomic mass is 9.64. The quantitative estimate of drug-likeness (QED) is 0.107. The average molecular weight is 469 g/mol. The number of benzene rings is 1. The molecule has 0 unspecified atom stereocenters. The molecule has 2 nitrogen and oxygen atoms in total. The van der Waals surface area contributed by atoms with Crippen LogP contribution in [0.25, 0.3) is 0 Å². The molecule has 1 aromatic rings. The van der Waals surface area contributed by atoms with E-state index in [-0.39, 0.29) is 17.5 Å². The van der Waals surface area contributed by atoms with Crippen LogP contribution in [0.3, 0.4) is 0 Å². The first-order valence-corrected chi connectivity index (χ1v) is 16.8. The molecule has 0 saturated heterocycles. The molecule has 1 saturated carbocycles. The molecule has 184 valence electrons. The maximum Gasteiger partial charge on any atom is 0.337 e. The van der Waals surface area contributed by atoms with Crippen LogP contribution in [0.15, 0.2) is 53.8 Å². The number of esters is 1. The molecule has 1 aliphatic rings. The standard InChI is InChI=1S/C30H48O2Si/c1-8-9-10-11-12-14-17-25(23-33(5,6)7)29(31)32-28-22-24(2)20-21-27(28)30(3,4)26-18-15-13-16-19-26/h13-19,23-24,27-28H,8-12,20-22H2,1-7H3/b17-14+,25-23-/t24-,27-,28-/m0/s1. The van der Waals surface area contributed by atoms with Gasteiger partial charge in [0.1, 0.15) is 6.10 Å². The minimum absolute atomic E-state index is 0.0376. The molecule has 1 fully saturated rings. The van der Waals surface area contributed by atoms with Crippen LogP contribution in [0.4, 0.5) is 0 Å². The van der Waals surface area contributed by atoms with E-state index in [1.54, 1.807) is 0 Å². The van der Waals surface area contributed by atoms with Gasteiger partial charge < -0.3 is 4.74 Å². The Morgan fingerprint density at radius 3 is 2.42 bits per heavy atom. The highest BCUT2D eigenvalue weighted by molar-refractivity contribution is 6.81. The van der Waals surface area contributed by atoms with E-state index in [2.05, 4.69) is 89.4 Å². The molecular formula is C30H48O2Si. The summed E-state index contributed by atoms with van der Waals surface area (Å²) in [5.41, 5.74) is 4.26. The topological polar surface area (TPSA) is 26.3 Å². The summed E-state index contributed by atoms with van der Waals surface area (Å²) in [5, 5.41) is 0. The SMILES string of the molecule is CCCCCC/C=C/C(=C/[Si](C)(C)C)C(=O)O[C@H]1C[C@@H](C)CC[C@@H]1C(C)(C)c1ccccc1. The number of hydrogen-bond acceptors (Lipinski definition) is 2. The van der Waals surface area contributed by atoms with Crippen LogP contribution in [0, 0.1) is 11.8 Å².